The van der Waals surface area contributed by atoms with Crippen molar-refractivity contribution in [2.24, 2.45) is 0 Å². The van der Waals surface area contributed by atoms with Crippen molar-refractivity contribution < 1.29 is 0 Å². The van der Waals surface area contributed by atoms with Crippen LogP contribution in [0.25, 0.3) is 10.9 Å². The lowest BCUT2D eigenvalue weighted by atomic mass is 10.2. The van der Waals surface area contributed by atoms with Crippen molar-refractivity contribution in [1.82, 2.24) is 9.78 Å². The number of aromatic nitrogens is 2. The van der Waals surface area contributed by atoms with Crippen LogP contribution in [-0.4, -0.2) is 9.78 Å². The summed E-state index contributed by atoms with van der Waals surface area (Å²) in [5, 5.41) is 6.18. The zero-order chi connectivity index (χ0) is 12.5. The van der Waals surface area contributed by atoms with Crippen LogP contribution >= 0.6 is 11.6 Å². The maximum Gasteiger partial charge on any atom is 0.0687 e. The van der Waals surface area contributed by atoms with Crippen LogP contribution in [0.5, 0.6) is 0 Å². The van der Waals surface area contributed by atoms with Gasteiger partial charge in [0.15, 0.2) is 0 Å². The highest BCUT2D eigenvalue weighted by molar-refractivity contribution is 6.30. The highest BCUT2D eigenvalue weighted by Crippen LogP contribution is 2.19. The lowest BCUT2D eigenvalue weighted by Gasteiger charge is -2.04. The van der Waals surface area contributed by atoms with E-state index in [1.807, 2.05) is 53.3 Å². The van der Waals surface area contributed by atoms with Gasteiger partial charge in [-0.3, -0.25) is 4.68 Å². The topological polar surface area (TPSA) is 43.8 Å². The smallest absolute Gasteiger partial charge is 0.0687 e. The number of fused-ring (bicyclic) bond motifs is 1. The van der Waals surface area contributed by atoms with Gasteiger partial charge in [0.25, 0.3) is 0 Å². The van der Waals surface area contributed by atoms with Gasteiger partial charge in [0, 0.05) is 16.1 Å². The average Bonchev–Trinajstić information content (AvgIpc) is 2.72. The second-order valence-electron chi connectivity index (χ2n) is 4.25. The maximum atomic E-state index is 5.98. The number of rotatable bonds is 2. The average molecular weight is 258 g/mol. The molecule has 0 atom stereocenters. The molecule has 0 saturated heterocycles. The Bertz CT molecular complexity index is 703. The molecule has 2 aromatic carbocycles. The Morgan fingerprint density at radius 3 is 2.89 bits per heavy atom. The molecule has 3 rings (SSSR count). The summed E-state index contributed by atoms with van der Waals surface area (Å²) in [4.78, 5) is 0. The Morgan fingerprint density at radius 1 is 1.17 bits per heavy atom. The summed E-state index contributed by atoms with van der Waals surface area (Å²) in [6, 6.07) is 13.6. The Kier molecular flexibility index (Phi) is 2.68. The molecule has 0 radical (unpaired) electrons. The molecule has 0 spiro atoms. The molecule has 90 valence electrons. The van der Waals surface area contributed by atoms with Gasteiger partial charge in [0.05, 0.1) is 18.3 Å². The fourth-order valence-corrected chi connectivity index (χ4v) is 2.25. The number of benzene rings is 2. The molecule has 2 N–H and O–H groups in total. The normalized spacial score (nSPS) is 10.9. The van der Waals surface area contributed by atoms with Crippen molar-refractivity contribution in [1.29, 1.82) is 0 Å². The number of anilines is 1. The summed E-state index contributed by atoms with van der Waals surface area (Å²) in [6.07, 6.45) is 1.83. The van der Waals surface area contributed by atoms with Gasteiger partial charge in [-0.15, -0.1) is 0 Å². The van der Waals surface area contributed by atoms with Crippen LogP contribution in [0.2, 0.25) is 5.02 Å². The number of nitrogens with zero attached hydrogens (tertiary/aromatic N) is 2. The van der Waals surface area contributed by atoms with Crippen LogP contribution in [-0.2, 0) is 6.54 Å². The first kappa shape index (κ1) is 11.1. The molecule has 0 bridgehead atoms. The predicted octanol–water partition coefficient (Wildman–Crippen LogP) is 3.32. The first-order chi connectivity index (χ1) is 8.72. The number of nitrogen functional groups attached to an aromatic ring is 1. The molecule has 0 aliphatic rings. The van der Waals surface area contributed by atoms with Gasteiger partial charge in [0.2, 0.25) is 0 Å². The Balaban J connectivity index is 2.00. The van der Waals surface area contributed by atoms with Gasteiger partial charge < -0.3 is 5.73 Å². The predicted molar refractivity (Wildman–Crippen MR) is 74.7 cm³/mol. The molecule has 1 aromatic heterocycles. The third kappa shape index (κ3) is 2.05. The molecule has 18 heavy (non-hydrogen) atoms. The molecule has 4 heteroatoms. The summed E-state index contributed by atoms with van der Waals surface area (Å²) in [6.45, 7) is 0.702. The van der Waals surface area contributed by atoms with Gasteiger partial charge in [-0.05, 0) is 35.9 Å². The van der Waals surface area contributed by atoms with Crippen LogP contribution in [0.15, 0.2) is 48.7 Å². The Morgan fingerprint density at radius 2 is 2.06 bits per heavy atom. The minimum atomic E-state index is 0.702. The summed E-state index contributed by atoms with van der Waals surface area (Å²) in [5.41, 5.74) is 8.71. The number of hydrogen-bond donors (Lipinski definition) is 1. The molecule has 0 amide bonds. The fourth-order valence-electron chi connectivity index (χ4n) is 2.04. The van der Waals surface area contributed by atoms with E-state index in [0.717, 1.165) is 27.2 Å². The first-order valence-corrected chi connectivity index (χ1v) is 6.06. The van der Waals surface area contributed by atoms with Crippen LogP contribution in [0, 0.1) is 0 Å². The van der Waals surface area contributed by atoms with E-state index in [-0.39, 0.29) is 0 Å². The molecule has 3 aromatic rings. The molecule has 0 aliphatic carbocycles. The minimum Gasteiger partial charge on any atom is -0.399 e. The lowest BCUT2D eigenvalue weighted by Crippen LogP contribution is -2.01. The van der Waals surface area contributed by atoms with Crippen molar-refractivity contribution in [3.8, 4) is 0 Å². The number of nitrogens with two attached hydrogens (primary N) is 1. The third-order valence-corrected chi connectivity index (χ3v) is 3.12. The standard InChI is InChI=1S/C14H12ClN3/c15-12-3-1-2-10(6-12)9-18-14-5-4-13(16)7-11(14)8-17-18/h1-8H,9,16H2. The number of hydrogen-bond acceptors (Lipinski definition) is 2. The van der Waals surface area contributed by atoms with E-state index in [9.17, 15) is 0 Å². The SMILES string of the molecule is Nc1ccc2c(cnn2Cc2cccc(Cl)c2)c1. The van der Waals surface area contributed by atoms with Crippen molar-refractivity contribution in [2.75, 3.05) is 5.73 Å². The van der Waals surface area contributed by atoms with Crippen molar-refractivity contribution in [2.45, 2.75) is 6.54 Å². The van der Waals surface area contributed by atoms with Crippen LogP contribution in [0.3, 0.4) is 0 Å². The van der Waals surface area contributed by atoms with Gasteiger partial charge in [-0.2, -0.15) is 5.10 Å². The quantitative estimate of drug-likeness (QED) is 0.716. The van der Waals surface area contributed by atoms with Gasteiger partial charge in [-0.1, -0.05) is 23.7 Å². The summed E-state index contributed by atoms with van der Waals surface area (Å²) in [7, 11) is 0. The Hall–Kier alpha value is -2.00. The van der Waals surface area contributed by atoms with Crippen molar-refractivity contribution in [3.63, 3.8) is 0 Å². The number of halogens is 1. The minimum absolute atomic E-state index is 0.702. The molecule has 1 heterocycles. The van der Waals surface area contributed by atoms with Crippen LogP contribution < -0.4 is 5.73 Å². The van der Waals surface area contributed by atoms with E-state index in [4.69, 9.17) is 17.3 Å². The van der Waals surface area contributed by atoms with Crippen molar-refractivity contribution >= 4 is 28.2 Å². The van der Waals surface area contributed by atoms with Gasteiger partial charge in [0.1, 0.15) is 0 Å². The molecule has 0 saturated carbocycles. The van der Waals surface area contributed by atoms with Gasteiger partial charge in [-0.25, -0.2) is 0 Å². The highest BCUT2D eigenvalue weighted by atomic mass is 35.5. The van der Waals surface area contributed by atoms with Gasteiger partial charge >= 0.3 is 0 Å². The van der Waals surface area contributed by atoms with E-state index in [1.54, 1.807) is 0 Å². The summed E-state index contributed by atoms with van der Waals surface area (Å²) in [5.74, 6) is 0. The van der Waals surface area contributed by atoms with E-state index in [2.05, 4.69) is 5.10 Å². The molecular weight excluding hydrogens is 246 g/mol. The second kappa shape index (κ2) is 4.35. The lowest BCUT2D eigenvalue weighted by molar-refractivity contribution is 0.712. The molecule has 0 fully saturated rings. The van der Waals surface area contributed by atoms with Crippen LogP contribution in [0.1, 0.15) is 5.56 Å². The fraction of sp³-hybridized carbons (Fsp3) is 0.0714. The highest BCUT2D eigenvalue weighted by Gasteiger charge is 2.03. The van der Waals surface area contributed by atoms with E-state index < -0.39 is 0 Å². The third-order valence-electron chi connectivity index (χ3n) is 2.89. The van der Waals surface area contributed by atoms with Crippen molar-refractivity contribution in [3.05, 3.63) is 59.2 Å². The summed E-state index contributed by atoms with van der Waals surface area (Å²) < 4.78 is 1.94. The zero-order valence-electron chi connectivity index (χ0n) is 9.68. The molecule has 0 unspecified atom stereocenters. The largest absolute Gasteiger partial charge is 0.399 e. The zero-order valence-corrected chi connectivity index (χ0v) is 10.4. The monoisotopic (exact) mass is 257 g/mol. The van der Waals surface area contributed by atoms with E-state index >= 15 is 0 Å². The van der Waals surface area contributed by atoms with E-state index in [0.29, 0.717) is 6.54 Å². The first-order valence-electron chi connectivity index (χ1n) is 5.68. The molecule has 0 aliphatic heterocycles. The maximum absolute atomic E-state index is 5.98. The Labute approximate surface area is 110 Å². The second-order valence-corrected chi connectivity index (χ2v) is 4.69. The molecular formula is C14H12ClN3. The van der Waals surface area contributed by atoms with E-state index in [1.165, 1.54) is 0 Å². The van der Waals surface area contributed by atoms with Crippen LogP contribution in [0.4, 0.5) is 5.69 Å². The molecule has 3 nitrogen and oxygen atoms in total. The summed E-state index contributed by atoms with van der Waals surface area (Å²) >= 11 is 5.98.